The van der Waals surface area contributed by atoms with E-state index in [-0.39, 0.29) is 17.2 Å². The van der Waals surface area contributed by atoms with E-state index in [1.54, 1.807) is 25.6 Å². The van der Waals surface area contributed by atoms with Crippen molar-refractivity contribution in [3.05, 3.63) is 27.2 Å². The van der Waals surface area contributed by atoms with E-state index in [1.807, 2.05) is 0 Å². The second-order valence-corrected chi connectivity index (χ2v) is 4.16. The third kappa shape index (κ3) is 2.95. The molecule has 110 valence electrons. The van der Waals surface area contributed by atoms with Gasteiger partial charge in [0.05, 0.1) is 12.9 Å². The number of hydrogen-bond donors (Lipinski definition) is 0. The van der Waals surface area contributed by atoms with E-state index in [9.17, 15) is 14.4 Å². The fraction of sp³-hybridized carbons (Fsp3) is 0.500. The van der Waals surface area contributed by atoms with Crippen LogP contribution in [0.3, 0.4) is 0 Å². The largest absolute Gasteiger partial charge is 0.466 e. The van der Waals surface area contributed by atoms with Gasteiger partial charge in [0.25, 0.3) is 5.56 Å². The minimum atomic E-state index is -0.360. The van der Waals surface area contributed by atoms with E-state index in [1.165, 1.54) is 24.9 Å². The zero-order chi connectivity index (χ0) is 15.4. The van der Waals surface area contributed by atoms with E-state index < -0.39 is 0 Å². The summed E-state index contributed by atoms with van der Waals surface area (Å²) in [6.45, 7) is 3.65. The highest BCUT2D eigenvalue weighted by Gasteiger charge is 2.11. The van der Waals surface area contributed by atoms with Gasteiger partial charge in [0.1, 0.15) is 0 Å². The van der Waals surface area contributed by atoms with Crippen molar-refractivity contribution >= 4 is 17.1 Å². The van der Waals surface area contributed by atoms with Crippen LogP contribution in [0, 0.1) is 0 Å². The second kappa shape index (κ2) is 6.18. The molecule has 0 radical (unpaired) electrons. The molecule has 0 atom stereocenters. The van der Waals surface area contributed by atoms with Crippen LogP contribution in [0.4, 0.5) is 0 Å². The Morgan fingerprint density at radius 3 is 2.30 bits per heavy atom. The van der Waals surface area contributed by atoms with Crippen LogP contribution in [-0.4, -0.2) is 31.3 Å². The number of carbonyl (C=O) groups is 1. The summed E-state index contributed by atoms with van der Waals surface area (Å²) in [7, 11) is 4.77. The molecule has 8 nitrogen and oxygen atoms in total. The summed E-state index contributed by atoms with van der Waals surface area (Å²) in [6, 6.07) is 0. The molecule has 0 aliphatic rings. The molecule has 0 bridgehead atoms. The maximum absolute atomic E-state index is 11.7. The summed E-state index contributed by atoms with van der Waals surface area (Å²) >= 11 is 0. The van der Waals surface area contributed by atoms with Crippen molar-refractivity contribution in [3.8, 4) is 0 Å². The lowest BCUT2D eigenvalue weighted by Gasteiger charge is -2.02. The minimum absolute atomic E-state index is 0.211. The standard InChI is InChI=1S/C8H10N4O2.C4H8O2/c1-10-4-9-6-5(10)7(13)12(3)8(14)11(6)2;1-3-6-4(2)5/h4H,1-3H3;3H2,1-2H3. The fourth-order valence-corrected chi connectivity index (χ4v) is 1.67. The van der Waals surface area contributed by atoms with Gasteiger partial charge >= 0.3 is 11.7 Å². The second-order valence-electron chi connectivity index (χ2n) is 4.16. The monoisotopic (exact) mass is 282 g/mol. The van der Waals surface area contributed by atoms with E-state index in [2.05, 4.69) is 9.72 Å². The Morgan fingerprint density at radius 1 is 1.25 bits per heavy atom. The molecule has 0 saturated carbocycles. The maximum Gasteiger partial charge on any atom is 0.332 e. The van der Waals surface area contributed by atoms with Gasteiger partial charge in [-0.15, -0.1) is 0 Å². The first-order chi connectivity index (χ1) is 9.31. The zero-order valence-corrected chi connectivity index (χ0v) is 12.2. The first kappa shape index (κ1) is 15.7. The SMILES string of the molecule is CCOC(C)=O.Cn1c(=O)c2c(ncn2C)n(C)c1=O. The number of esters is 1. The van der Waals surface area contributed by atoms with Crippen LogP contribution in [0.15, 0.2) is 15.9 Å². The first-order valence-electron chi connectivity index (χ1n) is 6.01. The number of rotatable bonds is 1. The highest BCUT2D eigenvalue weighted by atomic mass is 16.5. The fourth-order valence-electron chi connectivity index (χ4n) is 1.67. The zero-order valence-electron chi connectivity index (χ0n) is 12.2. The molecular formula is C12H18N4O4. The Hall–Kier alpha value is -2.38. The highest BCUT2D eigenvalue weighted by molar-refractivity contribution is 5.69. The Kier molecular flexibility index (Phi) is 4.84. The number of aryl methyl sites for hydroxylation is 2. The molecule has 0 aromatic carbocycles. The highest BCUT2D eigenvalue weighted by Crippen LogP contribution is 2.01. The molecule has 0 aliphatic heterocycles. The first-order valence-corrected chi connectivity index (χ1v) is 6.01. The molecule has 2 aromatic heterocycles. The van der Waals surface area contributed by atoms with Crippen molar-refractivity contribution in [2.45, 2.75) is 13.8 Å². The number of imidazole rings is 1. The normalized spacial score (nSPS) is 10.1. The molecule has 2 aromatic rings. The Balaban J connectivity index is 0.000000286. The van der Waals surface area contributed by atoms with E-state index in [0.29, 0.717) is 17.8 Å². The molecule has 20 heavy (non-hydrogen) atoms. The molecule has 0 aliphatic carbocycles. The molecule has 0 amide bonds. The molecule has 0 fully saturated rings. The van der Waals surface area contributed by atoms with Gasteiger partial charge in [0.15, 0.2) is 11.2 Å². The quantitative estimate of drug-likeness (QED) is 0.660. The lowest BCUT2D eigenvalue weighted by molar-refractivity contribution is -0.140. The van der Waals surface area contributed by atoms with Gasteiger partial charge < -0.3 is 9.30 Å². The third-order valence-electron chi connectivity index (χ3n) is 2.66. The predicted octanol–water partition coefficient (Wildman–Crippen LogP) is -0.460. The average molecular weight is 282 g/mol. The summed E-state index contributed by atoms with van der Waals surface area (Å²) in [6.07, 6.45) is 1.52. The van der Waals surface area contributed by atoms with Gasteiger partial charge in [-0.1, -0.05) is 0 Å². The van der Waals surface area contributed by atoms with Crippen molar-refractivity contribution in [2.75, 3.05) is 6.61 Å². The Labute approximate surface area is 115 Å². The van der Waals surface area contributed by atoms with Crippen LogP contribution in [0.5, 0.6) is 0 Å². The summed E-state index contributed by atoms with van der Waals surface area (Å²) in [5.74, 6) is -0.211. The van der Waals surface area contributed by atoms with Crippen LogP contribution in [0.1, 0.15) is 13.8 Å². The van der Waals surface area contributed by atoms with Gasteiger partial charge in [-0.05, 0) is 6.92 Å². The van der Waals surface area contributed by atoms with Crippen LogP contribution < -0.4 is 11.2 Å². The lowest BCUT2D eigenvalue weighted by Crippen LogP contribution is -2.37. The summed E-state index contributed by atoms with van der Waals surface area (Å²) in [4.78, 5) is 37.0. The van der Waals surface area contributed by atoms with Gasteiger partial charge in [0, 0.05) is 28.1 Å². The van der Waals surface area contributed by atoms with Gasteiger partial charge in [-0.25, -0.2) is 9.78 Å². The average Bonchev–Trinajstić information content (AvgIpc) is 2.76. The van der Waals surface area contributed by atoms with Gasteiger partial charge in [-0.3, -0.25) is 18.7 Å². The summed E-state index contributed by atoms with van der Waals surface area (Å²) in [5, 5.41) is 0. The number of hydrogen-bond acceptors (Lipinski definition) is 5. The molecule has 0 unspecified atom stereocenters. The van der Waals surface area contributed by atoms with Crippen LogP contribution in [-0.2, 0) is 30.7 Å². The minimum Gasteiger partial charge on any atom is -0.466 e. The Bertz CT molecular complexity index is 738. The van der Waals surface area contributed by atoms with Crippen molar-refractivity contribution in [2.24, 2.45) is 21.1 Å². The van der Waals surface area contributed by atoms with E-state index in [4.69, 9.17) is 0 Å². The van der Waals surface area contributed by atoms with E-state index in [0.717, 1.165) is 4.57 Å². The van der Waals surface area contributed by atoms with Crippen LogP contribution >= 0.6 is 0 Å². The van der Waals surface area contributed by atoms with E-state index >= 15 is 0 Å². The summed E-state index contributed by atoms with van der Waals surface area (Å²) in [5.41, 5.74) is 0.180. The number of ether oxygens (including phenoxy) is 1. The molecule has 2 heterocycles. The third-order valence-corrected chi connectivity index (χ3v) is 2.66. The van der Waals surface area contributed by atoms with Crippen molar-refractivity contribution in [1.82, 2.24) is 18.7 Å². The van der Waals surface area contributed by atoms with Crippen molar-refractivity contribution < 1.29 is 9.53 Å². The lowest BCUT2D eigenvalue weighted by atomic mass is 10.5. The predicted molar refractivity (Wildman–Crippen MR) is 73.5 cm³/mol. The molecule has 0 saturated heterocycles. The summed E-state index contributed by atoms with van der Waals surface area (Å²) < 4.78 is 8.44. The van der Waals surface area contributed by atoms with Crippen LogP contribution in [0.25, 0.3) is 11.2 Å². The smallest absolute Gasteiger partial charge is 0.332 e. The number of carbonyl (C=O) groups excluding carboxylic acids is 1. The molecular weight excluding hydrogens is 264 g/mol. The number of aromatic nitrogens is 4. The molecule has 2 rings (SSSR count). The van der Waals surface area contributed by atoms with Crippen molar-refractivity contribution in [3.63, 3.8) is 0 Å². The van der Waals surface area contributed by atoms with Gasteiger partial charge in [0.2, 0.25) is 0 Å². The van der Waals surface area contributed by atoms with Crippen LogP contribution in [0.2, 0.25) is 0 Å². The molecule has 0 N–H and O–H groups in total. The molecule has 8 heteroatoms. The maximum atomic E-state index is 11.7. The van der Waals surface area contributed by atoms with Gasteiger partial charge in [-0.2, -0.15) is 0 Å². The Morgan fingerprint density at radius 2 is 1.85 bits per heavy atom. The topological polar surface area (TPSA) is 88.1 Å². The molecule has 0 spiro atoms. The van der Waals surface area contributed by atoms with Crippen molar-refractivity contribution in [1.29, 1.82) is 0 Å². The number of nitrogens with zero attached hydrogens (tertiary/aromatic N) is 4. The number of fused-ring (bicyclic) bond motifs is 1.